The van der Waals surface area contributed by atoms with Gasteiger partial charge in [0.15, 0.2) is 0 Å². The van der Waals surface area contributed by atoms with E-state index in [4.69, 9.17) is 0 Å². The summed E-state index contributed by atoms with van der Waals surface area (Å²) in [7, 11) is 0. The summed E-state index contributed by atoms with van der Waals surface area (Å²) in [6, 6.07) is 73.9. The molecule has 0 spiro atoms. The topological polar surface area (TPSA) is 13.1 Å². The zero-order valence-electron chi connectivity index (χ0n) is 35.8. The van der Waals surface area contributed by atoms with Crippen molar-refractivity contribution in [2.24, 2.45) is 0 Å². The normalized spacial score (nSPS) is 12.7. The van der Waals surface area contributed by atoms with E-state index in [-0.39, 0.29) is 0 Å². The average Bonchev–Trinajstić information content (AvgIpc) is 3.73. The fourth-order valence-corrected chi connectivity index (χ4v) is 10.9. The van der Waals surface area contributed by atoms with Crippen LogP contribution in [0.2, 0.25) is 0 Å². The van der Waals surface area contributed by atoms with Gasteiger partial charge in [-0.05, 0) is 132 Å². The van der Waals surface area contributed by atoms with Crippen LogP contribution < -0.4 is 4.90 Å². The van der Waals surface area contributed by atoms with Gasteiger partial charge in [-0.1, -0.05) is 146 Å². The number of anilines is 3. The number of hydrogen-bond acceptors (Lipinski definition) is 1. The van der Waals surface area contributed by atoms with Crippen molar-refractivity contribution < 1.29 is 0 Å². The molecule has 0 amide bonds. The molecule has 0 saturated heterocycles. The summed E-state index contributed by atoms with van der Waals surface area (Å²) < 4.78 is 4.97. The van der Waals surface area contributed by atoms with Crippen molar-refractivity contribution in [3.63, 3.8) is 0 Å². The van der Waals surface area contributed by atoms with Crippen molar-refractivity contribution in [2.75, 3.05) is 4.90 Å². The molecule has 0 radical (unpaired) electrons. The Balaban J connectivity index is 0.947. The Labute approximate surface area is 373 Å². The van der Waals surface area contributed by atoms with E-state index in [1.165, 1.54) is 111 Å². The third kappa shape index (κ3) is 5.41. The van der Waals surface area contributed by atoms with Crippen LogP contribution >= 0.6 is 0 Å². The minimum absolute atomic E-state index is 0.907. The Morgan fingerprint density at radius 2 is 0.969 bits per heavy atom. The van der Waals surface area contributed by atoms with Crippen LogP contribution in [0.1, 0.15) is 33.4 Å². The molecule has 302 valence electrons. The van der Waals surface area contributed by atoms with Gasteiger partial charge in [0.25, 0.3) is 0 Å². The van der Waals surface area contributed by atoms with Gasteiger partial charge in [-0.25, -0.2) is 0 Å². The van der Waals surface area contributed by atoms with Crippen LogP contribution in [-0.4, -0.2) is 9.13 Å². The number of fused-ring (bicyclic) bond motifs is 13. The fraction of sp³-hybridized carbons (Fsp3) is 0.0492. The summed E-state index contributed by atoms with van der Waals surface area (Å²) in [4.78, 5) is 2.43. The third-order valence-electron chi connectivity index (χ3n) is 13.8. The zero-order chi connectivity index (χ0) is 42.5. The minimum Gasteiger partial charge on any atom is -0.309 e. The molecule has 0 N–H and O–H groups in total. The molecule has 0 fully saturated rings. The first-order valence-corrected chi connectivity index (χ1v) is 22.3. The number of aryl methyl sites for hydroxylation is 2. The highest BCUT2D eigenvalue weighted by atomic mass is 15.2. The smallest absolute Gasteiger partial charge is 0.0641 e. The lowest BCUT2D eigenvalue weighted by Crippen LogP contribution is -2.11. The second kappa shape index (κ2) is 14.2. The summed E-state index contributed by atoms with van der Waals surface area (Å²) in [5.41, 5.74) is 24.7. The SMILES string of the molecule is Cc1cc(-n2c3c(c4ccccc42)-c2ccccc2N(c2ccccc2)c2ccccc2-3)ccc1-c1ccc(-n2c3ccccc3c3c4c(ccc32)C=Cc2ccccc2C4)cc1C. The second-order valence-corrected chi connectivity index (χ2v) is 17.4. The number of rotatable bonds is 4. The van der Waals surface area contributed by atoms with E-state index in [0.717, 1.165) is 23.5 Å². The van der Waals surface area contributed by atoms with Gasteiger partial charge in [0, 0.05) is 49.9 Å². The molecule has 3 nitrogen and oxygen atoms in total. The average molecular weight is 818 g/mol. The van der Waals surface area contributed by atoms with Gasteiger partial charge in [-0.15, -0.1) is 0 Å². The lowest BCUT2D eigenvalue weighted by Gasteiger charge is -2.27. The quantitative estimate of drug-likeness (QED) is 0.172. The van der Waals surface area contributed by atoms with E-state index >= 15 is 0 Å². The number of hydrogen-bond donors (Lipinski definition) is 0. The Morgan fingerprint density at radius 3 is 1.72 bits per heavy atom. The van der Waals surface area contributed by atoms with Crippen molar-refractivity contribution in [3.8, 4) is 44.9 Å². The Kier molecular flexibility index (Phi) is 8.10. The molecule has 3 heterocycles. The first kappa shape index (κ1) is 36.5. The summed E-state index contributed by atoms with van der Waals surface area (Å²) in [5, 5.41) is 3.88. The van der Waals surface area contributed by atoms with Crippen LogP contribution in [0.4, 0.5) is 17.1 Å². The zero-order valence-corrected chi connectivity index (χ0v) is 35.8. The van der Waals surface area contributed by atoms with Gasteiger partial charge in [0.05, 0.1) is 33.6 Å². The number of aromatic nitrogens is 2. The van der Waals surface area contributed by atoms with E-state index < -0.39 is 0 Å². The van der Waals surface area contributed by atoms with Crippen LogP contribution in [0.3, 0.4) is 0 Å². The maximum absolute atomic E-state index is 2.50. The van der Waals surface area contributed by atoms with Gasteiger partial charge < -0.3 is 14.0 Å². The van der Waals surface area contributed by atoms with Crippen molar-refractivity contribution in [2.45, 2.75) is 20.3 Å². The van der Waals surface area contributed by atoms with Gasteiger partial charge in [0.1, 0.15) is 0 Å². The molecule has 2 aliphatic rings. The predicted molar refractivity (Wildman–Crippen MR) is 270 cm³/mol. The Hall–Kier alpha value is -8.14. The Morgan fingerprint density at radius 1 is 0.391 bits per heavy atom. The summed E-state index contributed by atoms with van der Waals surface area (Å²) >= 11 is 0. The molecule has 2 aromatic heterocycles. The highest BCUT2D eigenvalue weighted by Gasteiger charge is 2.31. The van der Waals surface area contributed by atoms with Gasteiger partial charge in [-0.3, -0.25) is 0 Å². The number of para-hydroxylation sites is 5. The number of nitrogens with zero attached hydrogens (tertiary/aromatic N) is 3. The summed E-state index contributed by atoms with van der Waals surface area (Å²) in [5.74, 6) is 0. The van der Waals surface area contributed by atoms with Crippen LogP contribution in [0.25, 0.3) is 89.7 Å². The minimum atomic E-state index is 0.907. The molecule has 64 heavy (non-hydrogen) atoms. The standard InChI is InChI=1S/C61H43N3/c1-39-36-45(63-54-24-12-8-20-49(54)59-53-38-43-17-7-6-16-41(43)28-29-42(53)30-35-58(59)63)31-33-47(39)48-34-32-46(37-40(48)2)64-56-26-14-10-22-51(56)60-50-21-9-13-25-55(50)62(44-18-4-3-5-19-44)57-27-15-11-23-52(57)61(60)64/h3-37H,38H2,1-2H3. The second-order valence-electron chi connectivity index (χ2n) is 17.4. The first-order valence-electron chi connectivity index (χ1n) is 22.3. The van der Waals surface area contributed by atoms with Gasteiger partial charge in [0.2, 0.25) is 0 Å². The van der Waals surface area contributed by atoms with Crippen molar-refractivity contribution >= 4 is 61.9 Å². The highest BCUT2D eigenvalue weighted by Crippen LogP contribution is 2.54. The fourth-order valence-electron chi connectivity index (χ4n) is 10.9. The van der Waals surface area contributed by atoms with Crippen LogP contribution in [0.15, 0.2) is 200 Å². The molecule has 11 aromatic rings. The first-order chi connectivity index (χ1) is 31.6. The summed E-state index contributed by atoms with van der Waals surface area (Å²) in [6.07, 6.45) is 5.48. The Bertz CT molecular complexity index is 3730. The summed E-state index contributed by atoms with van der Waals surface area (Å²) in [6.45, 7) is 4.53. The molecule has 9 aromatic carbocycles. The molecule has 3 heteroatoms. The van der Waals surface area contributed by atoms with E-state index in [2.05, 4.69) is 240 Å². The highest BCUT2D eigenvalue weighted by molar-refractivity contribution is 6.14. The van der Waals surface area contributed by atoms with Crippen molar-refractivity contribution in [1.29, 1.82) is 0 Å². The largest absolute Gasteiger partial charge is 0.309 e. The van der Waals surface area contributed by atoms with E-state index in [1.54, 1.807) is 0 Å². The molecule has 0 unspecified atom stereocenters. The maximum Gasteiger partial charge on any atom is 0.0641 e. The van der Waals surface area contributed by atoms with Gasteiger partial charge >= 0.3 is 0 Å². The van der Waals surface area contributed by atoms with Crippen LogP contribution in [0.5, 0.6) is 0 Å². The molecule has 0 bridgehead atoms. The van der Waals surface area contributed by atoms with E-state index in [0.29, 0.717) is 0 Å². The van der Waals surface area contributed by atoms with Crippen molar-refractivity contribution in [3.05, 3.63) is 234 Å². The third-order valence-corrected chi connectivity index (χ3v) is 13.8. The maximum atomic E-state index is 2.50. The molecular weight excluding hydrogens is 775 g/mol. The van der Waals surface area contributed by atoms with Crippen LogP contribution in [-0.2, 0) is 6.42 Å². The molecule has 0 saturated carbocycles. The van der Waals surface area contributed by atoms with Crippen molar-refractivity contribution in [1.82, 2.24) is 9.13 Å². The lowest BCUT2D eigenvalue weighted by atomic mass is 9.95. The molecule has 13 rings (SSSR count). The van der Waals surface area contributed by atoms with E-state index in [9.17, 15) is 0 Å². The molecule has 1 aliphatic heterocycles. The number of benzene rings is 9. The molecule has 0 atom stereocenters. The lowest BCUT2D eigenvalue weighted by molar-refractivity contribution is 1.13. The van der Waals surface area contributed by atoms with Crippen LogP contribution in [0, 0.1) is 13.8 Å². The monoisotopic (exact) mass is 817 g/mol. The predicted octanol–water partition coefficient (Wildman–Crippen LogP) is 16.2. The van der Waals surface area contributed by atoms with E-state index in [1.807, 2.05) is 0 Å². The molecule has 1 aliphatic carbocycles. The molecular formula is C61H43N3. The van der Waals surface area contributed by atoms with Gasteiger partial charge in [-0.2, -0.15) is 0 Å².